The van der Waals surface area contributed by atoms with Crippen LogP contribution in [-0.4, -0.2) is 19.7 Å². The third-order valence-electron chi connectivity index (χ3n) is 4.38. The minimum absolute atomic E-state index is 0.189. The van der Waals surface area contributed by atoms with Crippen molar-refractivity contribution in [3.05, 3.63) is 84.7 Å². The molecule has 0 spiro atoms. The number of benzene rings is 2. The van der Waals surface area contributed by atoms with Crippen LogP contribution in [-0.2, 0) is 0 Å². The van der Waals surface area contributed by atoms with Gasteiger partial charge in [-0.2, -0.15) is 10.4 Å². The smallest absolute Gasteiger partial charge is 0.259 e. The highest BCUT2D eigenvalue weighted by Crippen LogP contribution is 2.27. The van der Waals surface area contributed by atoms with Gasteiger partial charge >= 0.3 is 0 Å². The Morgan fingerprint density at radius 3 is 2.76 bits per heavy atom. The zero-order valence-electron chi connectivity index (χ0n) is 15.1. The molecule has 0 aliphatic carbocycles. The summed E-state index contributed by atoms with van der Waals surface area (Å²) in [5.74, 6) is 0.189. The van der Waals surface area contributed by atoms with Gasteiger partial charge in [0.1, 0.15) is 11.2 Å². The Hall–Kier alpha value is -2.96. The van der Waals surface area contributed by atoms with E-state index >= 15 is 0 Å². The lowest BCUT2D eigenvalue weighted by Crippen LogP contribution is -2.11. The van der Waals surface area contributed by atoms with Crippen LogP contribution in [0.2, 0.25) is 5.15 Å². The van der Waals surface area contributed by atoms with Gasteiger partial charge in [0.15, 0.2) is 5.82 Å². The molecule has 142 valence electrons. The van der Waals surface area contributed by atoms with Gasteiger partial charge in [-0.3, -0.25) is 4.79 Å². The quantitative estimate of drug-likeness (QED) is 0.317. The molecule has 0 fully saturated rings. The molecule has 1 N–H and O–H groups in total. The molecule has 0 atom stereocenters. The molecule has 8 heteroatoms. The molecule has 0 aliphatic rings. The minimum atomic E-state index is -0.299. The lowest BCUT2D eigenvalue weighted by molar-refractivity contribution is 0.863. The van der Waals surface area contributed by atoms with Gasteiger partial charge < -0.3 is 4.98 Å². The van der Waals surface area contributed by atoms with Crippen molar-refractivity contribution >= 4 is 56.7 Å². The Morgan fingerprint density at radius 1 is 1.28 bits per heavy atom. The van der Waals surface area contributed by atoms with Crippen LogP contribution in [0.5, 0.6) is 0 Å². The monoisotopic (exact) mass is 513 g/mol. The van der Waals surface area contributed by atoms with E-state index in [0.29, 0.717) is 27.3 Å². The Balaban J connectivity index is 1.85. The average molecular weight is 514 g/mol. The maximum Gasteiger partial charge on any atom is 0.259 e. The first-order chi connectivity index (χ1) is 14.0. The molecule has 2 aromatic heterocycles. The maximum absolute atomic E-state index is 12.5. The molecule has 4 rings (SSSR count). The number of aryl methyl sites for hydroxylation is 1. The highest BCUT2D eigenvalue weighted by Gasteiger charge is 2.16. The van der Waals surface area contributed by atoms with Gasteiger partial charge in [-0.05, 0) is 65.9 Å². The molecule has 0 saturated carbocycles. The predicted octanol–water partition coefficient (Wildman–Crippen LogP) is 4.74. The lowest BCUT2D eigenvalue weighted by Gasteiger charge is -2.03. The third-order valence-corrected chi connectivity index (χ3v) is 5.42. The second-order valence-electron chi connectivity index (χ2n) is 6.28. The first kappa shape index (κ1) is 19.4. The molecule has 0 amide bonds. The van der Waals surface area contributed by atoms with E-state index in [-0.39, 0.29) is 17.0 Å². The van der Waals surface area contributed by atoms with Gasteiger partial charge in [-0.15, -0.1) is 0 Å². The first-order valence-corrected chi connectivity index (χ1v) is 10.1. The van der Waals surface area contributed by atoms with E-state index in [4.69, 9.17) is 11.6 Å². The number of aromatic nitrogens is 4. The summed E-state index contributed by atoms with van der Waals surface area (Å²) >= 11 is 8.68. The predicted molar refractivity (Wildman–Crippen MR) is 122 cm³/mol. The van der Waals surface area contributed by atoms with Crippen LogP contribution in [0.3, 0.4) is 0 Å². The third kappa shape index (κ3) is 3.69. The van der Waals surface area contributed by atoms with Crippen molar-refractivity contribution in [2.24, 2.45) is 0 Å². The number of hydrogen-bond donors (Lipinski definition) is 1. The standard InChI is InChI=1S/C21H13ClIN5O/c1-12-16(19(22)28(27-12)15-5-3-2-4-6-15)9-13(11-24)20-25-18-8-7-14(23)10-17(18)21(29)26-20/h2-10H,1H3,(H,25,26,29). The molecule has 2 aromatic carbocycles. The van der Waals surface area contributed by atoms with E-state index in [1.165, 1.54) is 0 Å². The van der Waals surface area contributed by atoms with Gasteiger partial charge in [0.25, 0.3) is 5.56 Å². The van der Waals surface area contributed by atoms with Gasteiger partial charge in [0.2, 0.25) is 0 Å². The Labute approximate surface area is 184 Å². The number of nitrogens with one attached hydrogen (secondary N) is 1. The molecule has 6 nitrogen and oxygen atoms in total. The fourth-order valence-electron chi connectivity index (χ4n) is 2.95. The number of aromatic amines is 1. The van der Waals surface area contributed by atoms with Crippen molar-refractivity contribution in [3.8, 4) is 11.8 Å². The lowest BCUT2D eigenvalue weighted by atomic mass is 10.1. The van der Waals surface area contributed by atoms with E-state index < -0.39 is 0 Å². The van der Waals surface area contributed by atoms with Crippen molar-refractivity contribution < 1.29 is 0 Å². The van der Waals surface area contributed by atoms with Crippen LogP contribution in [0.25, 0.3) is 28.2 Å². The average Bonchev–Trinajstić information content (AvgIpc) is 3.01. The molecule has 0 radical (unpaired) electrons. The highest BCUT2D eigenvalue weighted by molar-refractivity contribution is 14.1. The maximum atomic E-state index is 12.5. The zero-order valence-corrected chi connectivity index (χ0v) is 18.1. The second-order valence-corrected chi connectivity index (χ2v) is 7.89. The number of fused-ring (bicyclic) bond motifs is 1. The molecule has 4 aromatic rings. The molecule has 2 heterocycles. The number of nitriles is 1. The first-order valence-electron chi connectivity index (χ1n) is 8.60. The summed E-state index contributed by atoms with van der Waals surface area (Å²) in [6, 6.07) is 17.0. The second kappa shape index (κ2) is 7.81. The van der Waals surface area contributed by atoms with Gasteiger partial charge in [-0.25, -0.2) is 9.67 Å². The summed E-state index contributed by atoms with van der Waals surface area (Å²) in [6.45, 7) is 1.81. The topological polar surface area (TPSA) is 87.4 Å². The molecule has 0 unspecified atom stereocenters. The fraction of sp³-hybridized carbons (Fsp3) is 0.0476. The largest absolute Gasteiger partial charge is 0.305 e. The van der Waals surface area contributed by atoms with E-state index in [9.17, 15) is 10.1 Å². The summed E-state index contributed by atoms with van der Waals surface area (Å²) in [4.78, 5) is 19.6. The van der Waals surface area contributed by atoms with Crippen LogP contribution >= 0.6 is 34.2 Å². The van der Waals surface area contributed by atoms with E-state index in [2.05, 4.69) is 43.7 Å². The summed E-state index contributed by atoms with van der Waals surface area (Å²) < 4.78 is 2.54. The Bertz CT molecular complexity index is 1370. The number of nitrogens with zero attached hydrogens (tertiary/aromatic N) is 4. The van der Waals surface area contributed by atoms with Crippen molar-refractivity contribution in [1.82, 2.24) is 19.7 Å². The molecule has 29 heavy (non-hydrogen) atoms. The molecule has 0 saturated heterocycles. The number of hydrogen-bond acceptors (Lipinski definition) is 4. The molecule has 0 bridgehead atoms. The van der Waals surface area contributed by atoms with Crippen molar-refractivity contribution in [1.29, 1.82) is 5.26 Å². The van der Waals surface area contributed by atoms with Crippen LogP contribution in [0.4, 0.5) is 0 Å². The van der Waals surface area contributed by atoms with Crippen LogP contribution in [0, 0.1) is 21.8 Å². The summed E-state index contributed by atoms with van der Waals surface area (Å²) in [5, 5.41) is 15.0. The summed E-state index contributed by atoms with van der Waals surface area (Å²) in [6.07, 6.45) is 1.60. The van der Waals surface area contributed by atoms with Gasteiger partial charge in [-0.1, -0.05) is 29.8 Å². The molecule has 0 aliphatic heterocycles. The number of halogens is 2. The van der Waals surface area contributed by atoms with E-state index in [1.807, 2.05) is 43.3 Å². The minimum Gasteiger partial charge on any atom is -0.305 e. The number of H-pyrrole nitrogens is 1. The fourth-order valence-corrected chi connectivity index (χ4v) is 3.77. The van der Waals surface area contributed by atoms with Crippen LogP contribution < -0.4 is 5.56 Å². The number of para-hydroxylation sites is 1. The highest BCUT2D eigenvalue weighted by atomic mass is 127. The Morgan fingerprint density at radius 2 is 2.03 bits per heavy atom. The summed E-state index contributed by atoms with van der Waals surface area (Å²) in [7, 11) is 0. The van der Waals surface area contributed by atoms with Crippen LogP contribution in [0.1, 0.15) is 17.1 Å². The van der Waals surface area contributed by atoms with Crippen molar-refractivity contribution in [3.63, 3.8) is 0 Å². The van der Waals surface area contributed by atoms with Crippen molar-refractivity contribution in [2.45, 2.75) is 6.92 Å². The van der Waals surface area contributed by atoms with Gasteiger partial charge in [0.05, 0.1) is 27.9 Å². The summed E-state index contributed by atoms with van der Waals surface area (Å²) in [5.41, 5.74) is 2.48. The number of rotatable bonds is 3. The van der Waals surface area contributed by atoms with Gasteiger partial charge in [0, 0.05) is 9.13 Å². The molecular weight excluding hydrogens is 501 g/mol. The number of allylic oxidation sites excluding steroid dienone is 1. The van der Waals surface area contributed by atoms with Crippen LogP contribution in [0.15, 0.2) is 53.3 Å². The SMILES string of the molecule is Cc1nn(-c2ccccc2)c(Cl)c1C=C(C#N)c1nc2ccc(I)cc2c(=O)[nH]1. The van der Waals surface area contributed by atoms with E-state index in [0.717, 1.165) is 9.26 Å². The molecular formula is C21H13ClIN5O. The van der Waals surface area contributed by atoms with E-state index in [1.54, 1.807) is 22.9 Å². The normalized spacial score (nSPS) is 11.6. The Kier molecular flexibility index (Phi) is 5.22. The zero-order chi connectivity index (χ0) is 20.5. The van der Waals surface area contributed by atoms with Crippen molar-refractivity contribution in [2.75, 3.05) is 0 Å².